The minimum Gasteiger partial charge on any atom is -0.368 e. The largest absolute Gasteiger partial charge is 0.368 e. The maximum Gasteiger partial charge on any atom is 0.234 e. The molecule has 0 aliphatic heterocycles. The highest BCUT2D eigenvalue weighted by molar-refractivity contribution is 5.79. The molecular weight excluding hydrogens is 152 g/mol. The lowest BCUT2D eigenvalue weighted by molar-refractivity contribution is -0.120. The molecule has 3 N–H and O–H groups in total. The molecule has 0 rings (SSSR count). The Bertz CT molecular complexity index is 113. The van der Waals surface area contributed by atoms with Gasteiger partial charge in [0, 0.05) is 0 Å². The van der Waals surface area contributed by atoms with Gasteiger partial charge in [-0.3, -0.25) is 4.79 Å². The van der Waals surface area contributed by atoms with Gasteiger partial charge in [-0.05, 0) is 19.4 Å². The van der Waals surface area contributed by atoms with Crippen LogP contribution >= 0.6 is 0 Å². The molecule has 0 bridgehead atoms. The summed E-state index contributed by atoms with van der Waals surface area (Å²) in [6.07, 6.45) is 0.811. The van der Waals surface area contributed by atoms with Crippen LogP contribution in [-0.4, -0.2) is 19.0 Å². The fraction of sp³-hybridized carbons (Fsp3) is 0.889. The summed E-state index contributed by atoms with van der Waals surface area (Å²) >= 11 is 0. The molecule has 12 heavy (non-hydrogen) atoms. The normalized spacial score (nSPS) is 11.8. The number of carbonyl (C=O) groups excluding carboxylic acids is 1. The lowest BCUT2D eigenvalue weighted by atomic mass is 10.0. The molecule has 0 fully saturated rings. The minimum absolute atomic E-state index is 0.167. The zero-order chi connectivity index (χ0) is 10.1. The van der Waals surface area contributed by atoms with Crippen molar-refractivity contribution >= 4 is 5.91 Å². The molecule has 3 nitrogen and oxygen atoms in total. The molecule has 0 spiro atoms. The first-order chi connectivity index (χ1) is 5.57. The summed E-state index contributed by atoms with van der Waals surface area (Å²) in [5, 5.41) is 2.86. The van der Waals surface area contributed by atoms with Crippen LogP contribution in [0.5, 0.6) is 0 Å². The fourth-order valence-electron chi connectivity index (χ4n) is 0.848. The van der Waals surface area contributed by atoms with Crippen molar-refractivity contribution < 1.29 is 4.79 Å². The van der Waals surface area contributed by atoms with Crippen molar-refractivity contribution in [1.82, 2.24) is 5.32 Å². The first kappa shape index (κ1) is 14.0. The van der Waals surface area contributed by atoms with Crippen LogP contribution in [0.2, 0.25) is 0 Å². The van der Waals surface area contributed by atoms with Gasteiger partial charge < -0.3 is 11.1 Å². The van der Waals surface area contributed by atoms with E-state index in [0.717, 1.165) is 6.42 Å². The van der Waals surface area contributed by atoms with Gasteiger partial charge in [0.25, 0.3) is 0 Å². The van der Waals surface area contributed by atoms with Gasteiger partial charge in [0.05, 0.1) is 6.04 Å². The smallest absolute Gasteiger partial charge is 0.234 e. The van der Waals surface area contributed by atoms with E-state index in [4.69, 9.17) is 5.73 Å². The Labute approximate surface area is 75.7 Å². The molecule has 0 aliphatic carbocycles. The molecule has 0 aromatic carbocycles. The second-order valence-corrected chi connectivity index (χ2v) is 2.87. The quantitative estimate of drug-likeness (QED) is 0.671. The third-order valence-electron chi connectivity index (χ3n) is 1.40. The molecule has 0 radical (unpaired) electrons. The standard InChI is InChI=1S/C7H16N2O.C2H6/c1-5(2)4-6(9-3)7(8)10;1-2/h5-6,9H,4H2,1-3H3,(H2,8,10);1-2H3/t6-;/m0./s1. The van der Waals surface area contributed by atoms with Gasteiger partial charge in [0.15, 0.2) is 0 Å². The van der Waals surface area contributed by atoms with Crippen LogP contribution in [0, 0.1) is 5.92 Å². The SMILES string of the molecule is CC.CN[C@@H](CC(C)C)C(N)=O. The topological polar surface area (TPSA) is 55.1 Å². The number of carbonyl (C=O) groups is 1. The van der Waals surface area contributed by atoms with Crippen LogP contribution in [0.25, 0.3) is 0 Å². The number of hydrogen-bond acceptors (Lipinski definition) is 2. The predicted octanol–water partition coefficient (Wildman–Crippen LogP) is 1.13. The van der Waals surface area contributed by atoms with Crippen molar-refractivity contribution in [3.63, 3.8) is 0 Å². The second-order valence-electron chi connectivity index (χ2n) is 2.87. The molecule has 0 saturated carbocycles. The second kappa shape index (κ2) is 8.53. The van der Waals surface area contributed by atoms with Gasteiger partial charge in [0.1, 0.15) is 0 Å². The van der Waals surface area contributed by atoms with Crippen LogP contribution < -0.4 is 11.1 Å². The van der Waals surface area contributed by atoms with E-state index in [2.05, 4.69) is 19.2 Å². The predicted molar refractivity (Wildman–Crippen MR) is 52.8 cm³/mol. The molecule has 0 unspecified atom stereocenters. The highest BCUT2D eigenvalue weighted by atomic mass is 16.1. The number of likely N-dealkylation sites (N-methyl/N-ethyl adjacent to an activating group) is 1. The minimum atomic E-state index is -0.267. The summed E-state index contributed by atoms with van der Waals surface area (Å²) < 4.78 is 0. The summed E-state index contributed by atoms with van der Waals surface area (Å²) in [4.78, 5) is 10.6. The molecule has 1 atom stereocenters. The summed E-state index contributed by atoms with van der Waals surface area (Å²) in [5.41, 5.74) is 5.09. The van der Waals surface area contributed by atoms with Crippen molar-refractivity contribution in [3.05, 3.63) is 0 Å². The number of rotatable bonds is 4. The van der Waals surface area contributed by atoms with Crippen LogP contribution in [0.1, 0.15) is 34.1 Å². The molecule has 0 aromatic rings. The Morgan fingerprint density at radius 3 is 1.92 bits per heavy atom. The number of nitrogens with one attached hydrogen (secondary N) is 1. The highest BCUT2D eigenvalue weighted by Crippen LogP contribution is 2.02. The van der Waals surface area contributed by atoms with Crippen LogP contribution in [0.15, 0.2) is 0 Å². The van der Waals surface area contributed by atoms with Crippen LogP contribution in [0.3, 0.4) is 0 Å². The Morgan fingerprint density at radius 1 is 1.42 bits per heavy atom. The van der Waals surface area contributed by atoms with Crippen LogP contribution in [0.4, 0.5) is 0 Å². The van der Waals surface area contributed by atoms with E-state index in [-0.39, 0.29) is 11.9 Å². The van der Waals surface area contributed by atoms with E-state index in [1.165, 1.54) is 0 Å². The molecule has 0 aromatic heterocycles. The molecule has 0 aliphatic rings. The number of primary amides is 1. The monoisotopic (exact) mass is 174 g/mol. The van der Waals surface area contributed by atoms with Crippen molar-refractivity contribution in [3.8, 4) is 0 Å². The van der Waals surface area contributed by atoms with E-state index in [9.17, 15) is 4.79 Å². The Hall–Kier alpha value is -0.570. The van der Waals surface area contributed by atoms with Gasteiger partial charge in [0.2, 0.25) is 5.91 Å². The van der Waals surface area contributed by atoms with Gasteiger partial charge in [-0.2, -0.15) is 0 Å². The zero-order valence-corrected chi connectivity index (χ0v) is 8.85. The Balaban J connectivity index is 0. The molecule has 0 heterocycles. The fourth-order valence-corrected chi connectivity index (χ4v) is 0.848. The van der Waals surface area contributed by atoms with Crippen molar-refractivity contribution in [2.24, 2.45) is 11.7 Å². The number of hydrogen-bond donors (Lipinski definition) is 2. The van der Waals surface area contributed by atoms with Crippen molar-refractivity contribution in [1.29, 1.82) is 0 Å². The van der Waals surface area contributed by atoms with E-state index in [1.807, 2.05) is 13.8 Å². The molecule has 3 heteroatoms. The highest BCUT2D eigenvalue weighted by Gasteiger charge is 2.13. The van der Waals surface area contributed by atoms with E-state index in [1.54, 1.807) is 7.05 Å². The van der Waals surface area contributed by atoms with Crippen molar-refractivity contribution in [2.75, 3.05) is 7.05 Å². The third-order valence-corrected chi connectivity index (χ3v) is 1.40. The molecule has 0 saturated heterocycles. The molecular formula is C9H22N2O. The summed E-state index contributed by atoms with van der Waals surface area (Å²) in [7, 11) is 1.75. The maximum atomic E-state index is 10.6. The lowest BCUT2D eigenvalue weighted by Gasteiger charge is -2.13. The maximum absolute atomic E-state index is 10.6. The zero-order valence-electron chi connectivity index (χ0n) is 8.85. The van der Waals surface area contributed by atoms with E-state index < -0.39 is 0 Å². The molecule has 74 valence electrons. The lowest BCUT2D eigenvalue weighted by Crippen LogP contribution is -2.39. The van der Waals surface area contributed by atoms with E-state index >= 15 is 0 Å². The van der Waals surface area contributed by atoms with Gasteiger partial charge in [-0.1, -0.05) is 27.7 Å². The van der Waals surface area contributed by atoms with Gasteiger partial charge >= 0.3 is 0 Å². The summed E-state index contributed by atoms with van der Waals surface area (Å²) in [5.74, 6) is 0.237. The summed E-state index contributed by atoms with van der Waals surface area (Å²) in [6, 6.07) is -0.167. The third kappa shape index (κ3) is 7.54. The Kier molecular flexibility index (Phi) is 9.93. The number of nitrogens with two attached hydrogens (primary N) is 1. The first-order valence-electron chi connectivity index (χ1n) is 4.54. The number of amides is 1. The Morgan fingerprint density at radius 2 is 1.83 bits per heavy atom. The van der Waals surface area contributed by atoms with Crippen molar-refractivity contribution in [2.45, 2.75) is 40.2 Å². The summed E-state index contributed by atoms with van der Waals surface area (Å²) in [6.45, 7) is 8.13. The van der Waals surface area contributed by atoms with E-state index in [0.29, 0.717) is 5.92 Å². The van der Waals surface area contributed by atoms with Gasteiger partial charge in [-0.25, -0.2) is 0 Å². The average Bonchev–Trinajstić information content (AvgIpc) is 2.03. The first-order valence-corrected chi connectivity index (χ1v) is 4.54. The average molecular weight is 174 g/mol. The van der Waals surface area contributed by atoms with Gasteiger partial charge in [-0.15, -0.1) is 0 Å². The molecule has 1 amide bonds. The van der Waals surface area contributed by atoms with Crippen LogP contribution in [-0.2, 0) is 4.79 Å².